The molecule has 0 aromatic heterocycles. The van der Waals surface area contributed by atoms with Gasteiger partial charge in [-0.3, -0.25) is 9.59 Å². The number of hydrogen-bond acceptors (Lipinski definition) is 3. The number of carbonyl (C=O) groups excluding carboxylic acids is 1. The second-order valence-electron chi connectivity index (χ2n) is 6.11. The van der Waals surface area contributed by atoms with Gasteiger partial charge >= 0.3 is 5.97 Å². The maximum atomic E-state index is 12.4. The molecule has 2 fully saturated rings. The maximum Gasteiger partial charge on any atom is 0.309 e. The van der Waals surface area contributed by atoms with E-state index in [9.17, 15) is 14.7 Å². The van der Waals surface area contributed by atoms with Crippen molar-refractivity contribution in [1.82, 2.24) is 4.90 Å². The van der Waals surface area contributed by atoms with Crippen LogP contribution < -0.4 is 4.74 Å². The lowest BCUT2D eigenvalue weighted by molar-refractivity contribution is -0.142. The number of likely N-dealkylation sites (tertiary alicyclic amines) is 1. The molecule has 22 heavy (non-hydrogen) atoms. The van der Waals surface area contributed by atoms with Gasteiger partial charge in [-0.05, 0) is 30.5 Å². The number of benzene rings is 1. The zero-order valence-corrected chi connectivity index (χ0v) is 12.7. The summed E-state index contributed by atoms with van der Waals surface area (Å²) in [6.07, 6.45) is 4.28. The van der Waals surface area contributed by atoms with Gasteiger partial charge in [0.2, 0.25) is 5.91 Å². The molecule has 0 radical (unpaired) electrons. The molecule has 5 nitrogen and oxygen atoms in total. The molecule has 1 aromatic rings. The Bertz CT molecular complexity index is 563. The lowest BCUT2D eigenvalue weighted by atomic mass is 9.93. The molecule has 5 heteroatoms. The highest BCUT2D eigenvalue weighted by atomic mass is 16.5. The Balaban J connectivity index is 1.95. The quantitative estimate of drug-likeness (QED) is 0.928. The summed E-state index contributed by atoms with van der Waals surface area (Å²) in [6, 6.07) is 7.22. The van der Waals surface area contributed by atoms with Crippen LogP contribution in [0.2, 0.25) is 0 Å². The third kappa shape index (κ3) is 2.56. The van der Waals surface area contributed by atoms with Gasteiger partial charge < -0.3 is 14.7 Å². The minimum Gasteiger partial charge on any atom is -0.497 e. The number of hydrogen-bond donors (Lipinski definition) is 1. The molecule has 1 N–H and O–H groups in total. The molecule has 2 aliphatic rings. The number of amides is 1. The topological polar surface area (TPSA) is 66.8 Å². The van der Waals surface area contributed by atoms with Crippen molar-refractivity contribution >= 4 is 11.9 Å². The van der Waals surface area contributed by atoms with E-state index in [4.69, 9.17) is 4.74 Å². The highest BCUT2D eigenvalue weighted by molar-refractivity contribution is 5.87. The molecule has 118 valence electrons. The molecule has 1 saturated carbocycles. The highest BCUT2D eigenvalue weighted by Gasteiger charge is 2.47. The lowest BCUT2D eigenvalue weighted by Gasteiger charge is -2.32. The number of carboxylic acid groups (broad SMARTS) is 1. The van der Waals surface area contributed by atoms with Crippen molar-refractivity contribution in [2.75, 3.05) is 7.11 Å². The molecule has 1 aliphatic carbocycles. The van der Waals surface area contributed by atoms with E-state index >= 15 is 0 Å². The first-order valence-corrected chi connectivity index (χ1v) is 7.79. The number of aliphatic carboxylic acids is 1. The van der Waals surface area contributed by atoms with Crippen LogP contribution in [0.1, 0.15) is 43.7 Å². The maximum absolute atomic E-state index is 12.4. The van der Waals surface area contributed by atoms with Crippen molar-refractivity contribution in [3.63, 3.8) is 0 Å². The molecule has 0 bridgehead atoms. The Morgan fingerprint density at radius 1 is 1.23 bits per heavy atom. The van der Waals surface area contributed by atoms with Crippen molar-refractivity contribution in [2.24, 2.45) is 5.92 Å². The number of carbonyl (C=O) groups is 2. The van der Waals surface area contributed by atoms with Gasteiger partial charge in [0, 0.05) is 12.5 Å². The minimum absolute atomic E-state index is 0.0277. The van der Waals surface area contributed by atoms with Crippen LogP contribution in [0.25, 0.3) is 0 Å². The summed E-state index contributed by atoms with van der Waals surface area (Å²) in [6.45, 7) is 0. The van der Waals surface area contributed by atoms with E-state index in [1.165, 1.54) is 0 Å². The van der Waals surface area contributed by atoms with Crippen LogP contribution in [0.4, 0.5) is 0 Å². The SMILES string of the molecule is COc1ccc(C2C(C(=O)O)CC(=O)N2C2CCCC2)cc1. The van der Waals surface area contributed by atoms with Crippen LogP contribution in [0.5, 0.6) is 5.75 Å². The lowest BCUT2D eigenvalue weighted by Crippen LogP contribution is -2.37. The average molecular weight is 303 g/mol. The summed E-state index contributed by atoms with van der Waals surface area (Å²) in [7, 11) is 1.60. The van der Waals surface area contributed by atoms with Crippen LogP contribution in [-0.4, -0.2) is 35.0 Å². The third-order valence-corrected chi connectivity index (χ3v) is 4.86. The second-order valence-corrected chi connectivity index (χ2v) is 6.11. The van der Waals surface area contributed by atoms with Crippen molar-refractivity contribution in [3.8, 4) is 5.75 Å². The molecular formula is C17H21NO4. The van der Waals surface area contributed by atoms with E-state index < -0.39 is 11.9 Å². The number of ether oxygens (including phenoxy) is 1. The zero-order chi connectivity index (χ0) is 15.7. The molecule has 1 aromatic carbocycles. The van der Waals surface area contributed by atoms with E-state index in [1.807, 2.05) is 29.2 Å². The summed E-state index contributed by atoms with van der Waals surface area (Å²) in [5, 5.41) is 9.52. The van der Waals surface area contributed by atoms with Crippen LogP contribution in [0.3, 0.4) is 0 Å². The Labute approximate surface area is 129 Å². The van der Waals surface area contributed by atoms with Crippen LogP contribution in [-0.2, 0) is 9.59 Å². The first kappa shape index (κ1) is 14.9. The molecule has 1 saturated heterocycles. The van der Waals surface area contributed by atoms with E-state index in [0.717, 1.165) is 37.0 Å². The zero-order valence-electron chi connectivity index (χ0n) is 12.7. The van der Waals surface area contributed by atoms with Crippen molar-refractivity contribution in [3.05, 3.63) is 29.8 Å². The Kier molecular flexibility index (Phi) is 4.05. The molecule has 1 amide bonds. The molecule has 1 aliphatic heterocycles. The molecule has 3 rings (SSSR count). The fourth-order valence-electron chi connectivity index (χ4n) is 3.78. The average Bonchev–Trinajstić information content (AvgIpc) is 3.14. The van der Waals surface area contributed by atoms with Crippen LogP contribution >= 0.6 is 0 Å². The van der Waals surface area contributed by atoms with Crippen LogP contribution in [0.15, 0.2) is 24.3 Å². The fourth-order valence-corrected chi connectivity index (χ4v) is 3.78. The van der Waals surface area contributed by atoms with Gasteiger partial charge in [-0.15, -0.1) is 0 Å². The number of nitrogens with zero attached hydrogens (tertiary/aromatic N) is 1. The molecule has 2 atom stereocenters. The number of carboxylic acids is 1. The summed E-state index contributed by atoms with van der Waals surface area (Å²) >= 11 is 0. The van der Waals surface area contributed by atoms with Gasteiger partial charge in [0.1, 0.15) is 5.75 Å². The predicted octanol–water partition coefficient (Wildman–Crippen LogP) is 2.61. The van der Waals surface area contributed by atoms with E-state index in [0.29, 0.717) is 0 Å². The Hall–Kier alpha value is -2.04. The Morgan fingerprint density at radius 3 is 2.41 bits per heavy atom. The predicted molar refractivity (Wildman–Crippen MR) is 80.6 cm³/mol. The summed E-state index contributed by atoms with van der Waals surface area (Å²) in [5.74, 6) is -0.858. The van der Waals surface area contributed by atoms with Crippen LogP contribution in [0, 0.1) is 5.92 Å². The van der Waals surface area contributed by atoms with E-state index in [2.05, 4.69) is 0 Å². The first-order chi connectivity index (χ1) is 10.6. The number of rotatable bonds is 4. The van der Waals surface area contributed by atoms with Gasteiger partial charge in [0.25, 0.3) is 0 Å². The van der Waals surface area contributed by atoms with Crippen molar-refractivity contribution in [1.29, 1.82) is 0 Å². The minimum atomic E-state index is -0.894. The Morgan fingerprint density at radius 2 is 1.86 bits per heavy atom. The normalized spacial score (nSPS) is 25.7. The largest absolute Gasteiger partial charge is 0.497 e. The van der Waals surface area contributed by atoms with Gasteiger partial charge in [0.15, 0.2) is 0 Å². The third-order valence-electron chi connectivity index (χ3n) is 4.86. The standard InChI is InChI=1S/C17H21NO4/c1-22-13-8-6-11(7-9-13)16-14(17(20)21)10-15(19)18(16)12-4-2-3-5-12/h6-9,12,14,16H,2-5,10H2,1H3,(H,20,21). The smallest absolute Gasteiger partial charge is 0.309 e. The van der Waals surface area contributed by atoms with Gasteiger partial charge in [-0.1, -0.05) is 25.0 Å². The first-order valence-electron chi connectivity index (χ1n) is 7.79. The highest BCUT2D eigenvalue weighted by Crippen LogP contribution is 2.43. The van der Waals surface area contributed by atoms with Gasteiger partial charge in [-0.25, -0.2) is 0 Å². The fraction of sp³-hybridized carbons (Fsp3) is 0.529. The van der Waals surface area contributed by atoms with Gasteiger partial charge in [0.05, 0.1) is 19.1 Å². The number of methoxy groups -OCH3 is 1. The second kappa shape index (κ2) is 5.99. The molecule has 0 spiro atoms. The molecule has 2 unspecified atom stereocenters. The van der Waals surface area contributed by atoms with E-state index in [-0.39, 0.29) is 24.4 Å². The molecular weight excluding hydrogens is 282 g/mol. The summed E-state index contributed by atoms with van der Waals surface area (Å²) in [5.41, 5.74) is 0.881. The van der Waals surface area contributed by atoms with Gasteiger partial charge in [-0.2, -0.15) is 0 Å². The monoisotopic (exact) mass is 303 g/mol. The van der Waals surface area contributed by atoms with Crippen molar-refractivity contribution < 1.29 is 19.4 Å². The molecule has 1 heterocycles. The van der Waals surface area contributed by atoms with Crippen molar-refractivity contribution in [2.45, 2.75) is 44.2 Å². The van der Waals surface area contributed by atoms with E-state index in [1.54, 1.807) is 7.11 Å². The summed E-state index contributed by atoms with van der Waals surface area (Å²) in [4.78, 5) is 25.9. The summed E-state index contributed by atoms with van der Waals surface area (Å²) < 4.78 is 5.16.